The fourth-order valence-corrected chi connectivity index (χ4v) is 5.11. The number of hydrogen-bond acceptors (Lipinski definition) is 0. The molecule has 3 aliphatic rings. The maximum atomic E-state index is 2.66. The van der Waals surface area contributed by atoms with Crippen LogP contribution in [0, 0.1) is 10.8 Å². The molecule has 2 atom stereocenters. The van der Waals surface area contributed by atoms with Crippen LogP contribution in [0.4, 0.5) is 0 Å². The van der Waals surface area contributed by atoms with Crippen LogP contribution in [-0.2, 0) is 0 Å². The molecule has 0 bridgehead atoms. The van der Waals surface area contributed by atoms with Crippen molar-refractivity contribution in [3.63, 3.8) is 0 Å². The maximum Gasteiger partial charge on any atom is 0.0126 e. The van der Waals surface area contributed by atoms with E-state index in [2.05, 4.69) is 25.2 Å². The Morgan fingerprint density at radius 2 is 1.47 bits per heavy atom. The molecule has 0 saturated heterocycles. The average molecular weight is 258 g/mol. The summed E-state index contributed by atoms with van der Waals surface area (Å²) in [5.41, 5.74) is 2.71. The number of rotatable bonds is 0. The molecule has 0 aromatic heterocycles. The fraction of sp³-hybridized carbons (Fsp3) is 0.789. The Kier molecular flexibility index (Phi) is 3.87. The van der Waals surface area contributed by atoms with Crippen molar-refractivity contribution >= 4 is 0 Å². The van der Waals surface area contributed by atoms with Gasteiger partial charge in [-0.1, -0.05) is 75.2 Å². The standard InChI is InChI=1S/C19H30/c1-17-15-18-11-8-6-4-2-3-5-7-9-12-19(18,16-17)14-10-13-18/h10,13,15H,2-9,11-12,14,16H2,1H3/t18-,19-/m0/s1. The van der Waals surface area contributed by atoms with Gasteiger partial charge in [-0.15, -0.1) is 0 Å². The zero-order valence-corrected chi connectivity index (χ0v) is 12.7. The molecular weight excluding hydrogens is 228 g/mol. The highest BCUT2D eigenvalue weighted by Gasteiger charge is 2.52. The third-order valence-electron chi connectivity index (χ3n) is 6.03. The first-order valence-electron chi connectivity index (χ1n) is 8.63. The summed E-state index contributed by atoms with van der Waals surface area (Å²) in [5.74, 6) is 0. The van der Waals surface area contributed by atoms with E-state index >= 15 is 0 Å². The average Bonchev–Trinajstić information content (AvgIpc) is 2.80. The van der Waals surface area contributed by atoms with Crippen molar-refractivity contribution < 1.29 is 0 Å². The molecule has 1 saturated carbocycles. The lowest BCUT2D eigenvalue weighted by Gasteiger charge is -2.41. The third kappa shape index (κ3) is 2.43. The molecule has 0 heterocycles. The maximum absolute atomic E-state index is 2.66. The normalized spacial score (nSPS) is 39.9. The lowest BCUT2D eigenvalue weighted by molar-refractivity contribution is 0.133. The molecule has 3 aliphatic carbocycles. The molecule has 0 nitrogen and oxygen atoms in total. The van der Waals surface area contributed by atoms with Crippen molar-refractivity contribution in [2.45, 2.75) is 84.0 Å². The Morgan fingerprint density at radius 3 is 2.21 bits per heavy atom. The Bertz CT molecular complexity index is 375. The summed E-state index contributed by atoms with van der Waals surface area (Å²) in [7, 11) is 0. The van der Waals surface area contributed by atoms with Gasteiger partial charge in [0.25, 0.3) is 0 Å². The highest BCUT2D eigenvalue weighted by atomic mass is 14.6. The SMILES string of the molecule is CC1=C[C@]23C=CC[C@@]2(CCCCCCCCCC3)C1. The summed E-state index contributed by atoms with van der Waals surface area (Å²) in [6.07, 6.45) is 25.1. The van der Waals surface area contributed by atoms with Crippen molar-refractivity contribution in [2.24, 2.45) is 10.8 Å². The molecule has 106 valence electrons. The molecule has 19 heavy (non-hydrogen) atoms. The molecule has 0 aromatic rings. The number of hydrogen-bond donors (Lipinski definition) is 0. The topological polar surface area (TPSA) is 0 Å². The van der Waals surface area contributed by atoms with E-state index in [4.69, 9.17) is 0 Å². The summed E-state index contributed by atoms with van der Waals surface area (Å²) in [6.45, 7) is 2.37. The van der Waals surface area contributed by atoms with Crippen LogP contribution in [0.25, 0.3) is 0 Å². The Morgan fingerprint density at radius 1 is 0.842 bits per heavy atom. The van der Waals surface area contributed by atoms with Gasteiger partial charge in [0, 0.05) is 5.41 Å². The van der Waals surface area contributed by atoms with Gasteiger partial charge in [-0.2, -0.15) is 0 Å². The monoisotopic (exact) mass is 258 g/mol. The van der Waals surface area contributed by atoms with E-state index in [9.17, 15) is 0 Å². The predicted molar refractivity (Wildman–Crippen MR) is 83.2 cm³/mol. The minimum Gasteiger partial charge on any atom is -0.0870 e. The molecule has 0 amide bonds. The van der Waals surface area contributed by atoms with Crippen molar-refractivity contribution in [1.82, 2.24) is 0 Å². The highest BCUT2D eigenvalue weighted by Crippen LogP contribution is 2.63. The van der Waals surface area contributed by atoms with Crippen LogP contribution in [0.5, 0.6) is 0 Å². The Balaban J connectivity index is 1.79. The summed E-state index contributed by atoms with van der Waals surface area (Å²) in [5, 5.41) is 0. The summed E-state index contributed by atoms with van der Waals surface area (Å²) < 4.78 is 0. The van der Waals surface area contributed by atoms with Crippen molar-refractivity contribution in [1.29, 1.82) is 0 Å². The molecule has 1 fully saturated rings. The van der Waals surface area contributed by atoms with E-state index in [1.165, 1.54) is 77.0 Å². The van der Waals surface area contributed by atoms with Crippen molar-refractivity contribution in [3.8, 4) is 0 Å². The first-order valence-corrected chi connectivity index (χ1v) is 8.63. The first-order chi connectivity index (χ1) is 9.27. The molecule has 3 rings (SSSR count). The molecule has 0 N–H and O–H groups in total. The second-order valence-corrected chi connectivity index (χ2v) is 7.42. The lowest BCUT2D eigenvalue weighted by atomic mass is 9.62. The summed E-state index contributed by atoms with van der Waals surface area (Å²) in [6, 6.07) is 0. The molecule has 0 heteroatoms. The molecule has 0 aliphatic heterocycles. The van der Waals surface area contributed by atoms with Gasteiger partial charge in [-0.25, -0.2) is 0 Å². The van der Waals surface area contributed by atoms with Crippen molar-refractivity contribution in [2.75, 3.05) is 0 Å². The van der Waals surface area contributed by atoms with E-state index < -0.39 is 0 Å². The smallest absolute Gasteiger partial charge is 0.0126 e. The molecular formula is C19H30. The summed E-state index contributed by atoms with van der Waals surface area (Å²) in [4.78, 5) is 0. The second kappa shape index (κ2) is 5.46. The first kappa shape index (κ1) is 13.5. The number of allylic oxidation sites excluding steroid dienone is 4. The van der Waals surface area contributed by atoms with Gasteiger partial charge >= 0.3 is 0 Å². The van der Waals surface area contributed by atoms with E-state index in [0.29, 0.717) is 10.8 Å². The lowest BCUT2D eigenvalue weighted by Crippen LogP contribution is -2.33. The van der Waals surface area contributed by atoms with Crippen LogP contribution in [0.1, 0.15) is 84.0 Å². The molecule has 0 spiro atoms. The Labute approximate surface area is 119 Å². The third-order valence-corrected chi connectivity index (χ3v) is 6.03. The molecule has 0 radical (unpaired) electrons. The largest absolute Gasteiger partial charge is 0.0870 e. The zero-order chi connectivity index (χ0) is 13.2. The second-order valence-electron chi connectivity index (χ2n) is 7.42. The zero-order valence-electron chi connectivity index (χ0n) is 12.7. The highest BCUT2D eigenvalue weighted by molar-refractivity contribution is 5.34. The van der Waals surface area contributed by atoms with Gasteiger partial charge in [-0.3, -0.25) is 0 Å². The fourth-order valence-electron chi connectivity index (χ4n) is 5.11. The minimum absolute atomic E-state index is 0.455. The predicted octanol–water partition coefficient (Wildman–Crippen LogP) is 6.18. The van der Waals surface area contributed by atoms with E-state index in [1.54, 1.807) is 5.57 Å². The van der Waals surface area contributed by atoms with Gasteiger partial charge in [0.1, 0.15) is 0 Å². The summed E-state index contributed by atoms with van der Waals surface area (Å²) >= 11 is 0. The van der Waals surface area contributed by atoms with Crippen LogP contribution in [-0.4, -0.2) is 0 Å². The van der Waals surface area contributed by atoms with Crippen LogP contribution in [0.2, 0.25) is 0 Å². The quantitative estimate of drug-likeness (QED) is 0.455. The van der Waals surface area contributed by atoms with Gasteiger partial charge in [-0.05, 0) is 38.0 Å². The molecule has 0 aromatic carbocycles. The minimum atomic E-state index is 0.455. The van der Waals surface area contributed by atoms with Crippen LogP contribution >= 0.6 is 0 Å². The van der Waals surface area contributed by atoms with Crippen LogP contribution in [0.15, 0.2) is 23.8 Å². The van der Waals surface area contributed by atoms with E-state index in [0.717, 1.165) is 0 Å². The van der Waals surface area contributed by atoms with Gasteiger partial charge in [0.15, 0.2) is 0 Å². The van der Waals surface area contributed by atoms with E-state index in [-0.39, 0.29) is 0 Å². The van der Waals surface area contributed by atoms with Gasteiger partial charge in [0.05, 0.1) is 0 Å². The van der Waals surface area contributed by atoms with Gasteiger partial charge < -0.3 is 0 Å². The van der Waals surface area contributed by atoms with Gasteiger partial charge in [0.2, 0.25) is 0 Å². The van der Waals surface area contributed by atoms with Crippen molar-refractivity contribution in [3.05, 3.63) is 23.8 Å². The molecule has 0 unspecified atom stereocenters. The van der Waals surface area contributed by atoms with E-state index in [1.807, 2.05) is 0 Å². The van der Waals surface area contributed by atoms with Crippen LogP contribution in [0.3, 0.4) is 0 Å². The Hall–Kier alpha value is -0.520. The van der Waals surface area contributed by atoms with Crippen LogP contribution < -0.4 is 0 Å².